The molecule has 1 aliphatic heterocycles. The monoisotopic (exact) mass is 498 g/mol. The number of nitrogens with zero attached hydrogens (tertiary/aromatic N) is 3. The average molecular weight is 499 g/mol. The number of carbonyl (C=O) groups excluding carboxylic acids is 4. The van der Waals surface area contributed by atoms with Crippen molar-refractivity contribution < 1.29 is 41.7 Å². The number of anilines is 1. The van der Waals surface area contributed by atoms with Gasteiger partial charge < -0.3 is 25.9 Å². The van der Waals surface area contributed by atoms with E-state index in [0.717, 1.165) is 18.4 Å². The summed E-state index contributed by atoms with van der Waals surface area (Å²) in [5, 5.41) is 9.53. The van der Waals surface area contributed by atoms with Gasteiger partial charge in [-0.2, -0.15) is 8.42 Å². The maximum Gasteiger partial charge on any atom is 0.404 e. The van der Waals surface area contributed by atoms with Crippen LogP contribution in [-0.4, -0.2) is 83.5 Å². The van der Waals surface area contributed by atoms with Gasteiger partial charge in [-0.1, -0.05) is 5.16 Å². The normalized spacial score (nSPS) is 18.7. The fourth-order valence-electron chi connectivity index (χ4n) is 2.39. The Kier molecular flexibility index (Phi) is 7.71. The molecule has 2 unspecified atom stereocenters. The van der Waals surface area contributed by atoms with Crippen LogP contribution in [0.15, 0.2) is 10.5 Å². The second kappa shape index (κ2) is 9.86. The number of carbonyl (C=O) groups is 4. The molecule has 0 aromatic carbocycles. The van der Waals surface area contributed by atoms with Crippen molar-refractivity contribution in [2.75, 3.05) is 24.9 Å². The molecule has 1 aromatic rings. The number of hydrogen-bond acceptors (Lipinski definition) is 11. The minimum Gasteiger partial charge on any atom is -0.447 e. The highest BCUT2D eigenvalue weighted by atomic mass is 35.5. The minimum atomic E-state index is -4.99. The van der Waals surface area contributed by atoms with E-state index in [1.807, 2.05) is 0 Å². The molecule has 31 heavy (non-hydrogen) atoms. The number of primary amides is 1. The van der Waals surface area contributed by atoms with Gasteiger partial charge in [0.2, 0.25) is 5.91 Å². The summed E-state index contributed by atoms with van der Waals surface area (Å²) in [6.07, 6.45) is -1.27. The molecule has 0 aliphatic carbocycles. The molecule has 18 heteroatoms. The first-order valence-corrected chi connectivity index (χ1v) is 10.8. The molecule has 5 N–H and O–H groups in total. The summed E-state index contributed by atoms with van der Waals surface area (Å²) in [5.74, 6) is -3.07. The van der Waals surface area contributed by atoms with E-state index in [1.165, 1.54) is 5.38 Å². The predicted molar refractivity (Wildman–Crippen MR) is 105 cm³/mol. The summed E-state index contributed by atoms with van der Waals surface area (Å²) >= 11 is 6.33. The third-order valence-corrected chi connectivity index (χ3v) is 5.56. The molecule has 0 radical (unpaired) electrons. The van der Waals surface area contributed by atoms with E-state index in [0.29, 0.717) is 0 Å². The molecule has 2 heterocycles. The lowest BCUT2D eigenvalue weighted by Gasteiger charge is -2.43. The minimum absolute atomic E-state index is 0.0245. The molecule has 0 spiro atoms. The first kappa shape index (κ1) is 24.3. The smallest absolute Gasteiger partial charge is 0.404 e. The van der Waals surface area contributed by atoms with Gasteiger partial charge in [0.15, 0.2) is 10.8 Å². The van der Waals surface area contributed by atoms with Crippen LogP contribution in [0, 0.1) is 0 Å². The lowest BCUT2D eigenvalue weighted by molar-refractivity contribution is -0.146. The Balaban J connectivity index is 2.21. The molecule has 1 fully saturated rings. The summed E-state index contributed by atoms with van der Waals surface area (Å²) in [7, 11) is -3.86. The zero-order valence-corrected chi connectivity index (χ0v) is 17.9. The van der Waals surface area contributed by atoms with Crippen molar-refractivity contribution >= 4 is 67.9 Å². The molecular formula is C13H15ClN6O9S2. The molecule has 0 bridgehead atoms. The zero-order valence-electron chi connectivity index (χ0n) is 15.5. The highest BCUT2D eigenvalue weighted by Crippen LogP contribution is 2.24. The van der Waals surface area contributed by atoms with Gasteiger partial charge in [-0.3, -0.25) is 18.9 Å². The van der Waals surface area contributed by atoms with Gasteiger partial charge >= 0.3 is 16.4 Å². The summed E-state index contributed by atoms with van der Waals surface area (Å²) in [6, 6.07) is -2.97. The molecule has 4 amide bonds. The summed E-state index contributed by atoms with van der Waals surface area (Å²) in [4.78, 5) is 55.5. The number of nitrogens with two attached hydrogens (primary N) is 1. The van der Waals surface area contributed by atoms with Crippen LogP contribution in [0.4, 0.5) is 9.93 Å². The number of alkyl halides is 1. The van der Waals surface area contributed by atoms with Crippen molar-refractivity contribution in [1.82, 2.24) is 14.6 Å². The van der Waals surface area contributed by atoms with Crippen molar-refractivity contribution in [3.63, 3.8) is 0 Å². The Labute approximate surface area is 183 Å². The van der Waals surface area contributed by atoms with E-state index >= 15 is 0 Å². The number of halogens is 1. The van der Waals surface area contributed by atoms with Gasteiger partial charge in [0.25, 0.3) is 11.8 Å². The van der Waals surface area contributed by atoms with Crippen molar-refractivity contribution in [1.29, 1.82) is 0 Å². The number of oxime groups is 1. The lowest BCUT2D eigenvalue weighted by Crippen LogP contribution is -2.73. The fraction of sp³-hybridized carbons (Fsp3) is 0.385. The fourth-order valence-corrected chi connectivity index (χ4v) is 4.03. The average Bonchev–Trinajstić information content (AvgIpc) is 3.13. The van der Waals surface area contributed by atoms with E-state index in [1.54, 1.807) is 0 Å². The number of amides is 4. The highest BCUT2D eigenvalue weighted by molar-refractivity contribution is 7.84. The standard InChI is InChI=1S/C13H15ClN6O9S2/c1-28-19-8(5-4-30-13(16-5)17-7(21)2-14)10(22)18-9-6(3-29-12(15)24)20(11(9)23)31(25,26)27/h4,6,9H,2-3H2,1H3,(H2,15,24)(H,18,22)(H,16,17,21)(H,25,26,27)/b19-8-. The maximum atomic E-state index is 12.6. The molecule has 170 valence electrons. The third kappa shape index (κ3) is 5.78. The number of hydrogen-bond donors (Lipinski definition) is 4. The summed E-state index contributed by atoms with van der Waals surface area (Å²) < 4.78 is 36.4. The largest absolute Gasteiger partial charge is 0.447 e. The van der Waals surface area contributed by atoms with E-state index in [9.17, 15) is 27.6 Å². The second-order valence-corrected chi connectivity index (χ2v) is 8.02. The number of thiazole rings is 1. The predicted octanol–water partition coefficient (Wildman–Crippen LogP) is -1.74. The topological polar surface area (TPSA) is 220 Å². The number of nitrogens with one attached hydrogen (secondary N) is 2. The molecule has 1 aromatic heterocycles. The van der Waals surface area contributed by atoms with E-state index in [4.69, 9.17) is 21.9 Å². The molecule has 1 saturated heterocycles. The molecule has 2 rings (SSSR count). The SMILES string of the molecule is CO/N=C(\C(=O)NC1C(=O)N(S(=O)(=O)O)C1COC(N)=O)c1csc(NC(=O)CCl)n1. The van der Waals surface area contributed by atoms with E-state index < -0.39 is 58.5 Å². The van der Waals surface area contributed by atoms with Crippen molar-refractivity contribution in [3.8, 4) is 0 Å². The summed E-state index contributed by atoms with van der Waals surface area (Å²) in [6.45, 7) is -0.728. The Bertz CT molecular complexity index is 1030. The van der Waals surface area contributed by atoms with Crippen LogP contribution >= 0.6 is 22.9 Å². The first-order valence-electron chi connectivity index (χ1n) is 7.96. The van der Waals surface area contributed by atoms with Crippen molar-refractivity contribution in [2.24, 2.45) is 10.9 Å². The van der Waals surface area contributed by atoms with Crippen LogP contribution in [-0.2, 0) is 34.3 Å². The molecule has 2 atom stereocenters. The highest BCUT2D eigenvalue weighted by Gasteiger charge is 2.54. The second-order valence-electron chi connectivity index (χ2n) is 5.60. The number of aromatic nitrogens is 1. The van der Waals surface area contributed by atoms with Gasteiger partial charge in [0.1, 0.15) is 37.4 Å². The Hall–Kier alpha value is -3.02. The van der Waals surface area contributed by atoms with Crippen LogP contribution in [0.2, 0.25) is 0 Å². The lowest BCUT2D eigenvalue weighted by atomic mass is 9.99. The number of rotatable bonds is 9. The third-order valence-electron chi connectivity index (χ3n) is 3.61. The van der Waals surface area contributed by atoms with Crippen LogP contribution in [0.25, 0.3) is 0 Å². The van der Waals surface area contributed by atoms with Gasteiger partial charge in [0.05, 0.1) is 0 Å². The Morgan fingerprint density at radius 1 is 1.45 bits per heavy atom. The molecule has 0 saturated carbocycles. The molecular weight excluding hydrogens is 484 g/mol. The number of ether oxygens (including phenoxy) is 1. The van der Waals surface area contributed by atoms with Gasteiger partial charge in [-0.15, -0.1) is 22.9 Å². The van der Waals surface area contributed by atoms with Crippen LogP contribution in [0.5, 0.6) is 0 Å². The Morgan fingerprint density at radius 2 is 2.13 bits per heavy atom. The maximum absolute atomic E-state index is 12.6. The quantitative estimate of drug-likeness (QED) is 0.0989. The van der Waals surface area contributed by atoms with Crippen molar-refractivity contribution in [2.45, 2.75) is 12.1 Å². The summed E-state index contributed by atoms with van der Waals surface area (Å²) in [5.41, 5.74) is 4.36. The van der Waals surface area contributed by atoms with Crippen molar-refractivity contribution in [3.05, 3.63) is 11.1 Å². The van der Waals surface area contributed by atoms with Gasteiger partial charge in [0, 0.05) is 5.38 Å². The van der Waals surface area contributed by atoms with Gasteiger partial charge in [-0.05, 0) is 0 Å². The van der Waals surface area contributed by atoms with Gasteiger partial charge in [-0.25, -0.2) is 14.1 Å². The van der Waals surface area contributed by atoms with Crippen LogP contribution in [0.1, 0.15) is 5.69 Å². The molecule has 1 aliphatic rings. The first-order chi connectivity index (χ1) is 14.5. The van der Waals surface area contributed by atoms with E-state index in [-0.39, 0.29) is 21.0 Å². The van der Waals surface area contributed by atoms with Crippen LogP contribution in [0.3, 0.4) is 0 Å². The van der Waals surface area contributed by atoms with Crippen LogP contribution < -0.4 is 16.4 Å². The zero-order chi connectivity index (χ0) is 23.3. The Morgan fingerprint density at radius 3 is 2.68 bits per heavy atom. The van der Waals surface area contributed by atoms with E-state index in [2.05, 4.69) is 30.3 Å². The number of β-lactam (4-membered cyclic amide) rings is 1. The molecule has 15 nitrogen and oxygen atoms in total.